The molecule has 0 spiro atoms. The number of hydrogen-bond donors (Lipinski definition) is 0. The monoisotopic (exact) mass is 655 g/mol. The Morgan fingerprint density at radius 2 is 1.12 bits per heavy atom. The molecule has 5 heterocycles. The second-order valence-corrected chi connectivity index (χ2v) is 12.7. The lowest BCUT2D eigenvalue weighted by Crippen LogP contribution is -2.06. The molecule has 0 fully saturated rings. The zero-order valence-corrected chi connectivity index (χ0v) is 27.0. The van der Waals surface area contributed by atoms with Gasteiger partial charge in [0, 0.05) is 55.2 Å². The number of fused-ring (bicyclic) bond motifs is 9. The highest BCUT2D eigenvalue weighted by atomic mass is 16.3. The van der Waals surface area contributed by atoms with Gasteiger partial charge in [-0.05, 0) is 42.0 Å². The van der Waals surface area contributed by atoms with E-state index in [0.29, 0.717) is 23.2 Å². The van der Waals surface area contributed by atoms with Crippen molar-refractivity contribution in [3.8, 4) is 39.9 Å². The third kappa shape index (κ3) is 4.18. The van der Waals surface area contributed by atoms with Crippen molar-refractivity contribution in [1.82, 2.24) is 24.5 Å². The molecule has 0 aliphatic heterocycles. The number of pyridine rings is 1. The fourth-order valence-corrected chi connectivity index (χ4v) is 7.52. The van der Waals surface area contributed by atoms with E-state index in [1.54, 1.807) is 12.4 Å². The number of para-hydroxylation sites is 4. The zero-order valence-electron chi connectivity index (χ0n) is 27.0. The topological polar surface area (TPSA) is 82.8 Å². The molecule has 0 saturated heterocycles. The Balaban J connectivity index is 1.18. The highest BCUT2D eigenvalue weighted by Crippen LogP contribution is 2.39. The number of aromatic nitrogens is 5. The minimum Gasteiger partial charge on any atom is -0.455 e. The number of furan rings is 2. The maximum Gasteiger partial charge on any atom is 0.238 e. The summed E-state index contributed by atoms with van der Waals surface area (Å²) in [4.78, 5) is 19.9. The molecule has 5 aromatic heterocycles. The number of hydrogen-bond acceptors (Lipinski definition) is 6. The molecule has 0 radical (unpaired) electrons. The second kappa shape index (κ2) is 10.7. The average molecular weight is 656 g/mol. The molecule has 0 unspecified atom stereocenters. The summed E-state index contributed by atoms with van der Waals surface area (Å²) in [6.07, 6.45) is 3.53. The molecule has 238 valence electrons. The summed E-state index contributed by atoms with van der Waals surface area (Å²) in [7, 11) is 0. The summed E-state index contributed by atoms with van der Waals surface area (Å²) < 4.78 is 14.8. The maximum atomic E-state index is 6.42. The van der Waals surface area contributed by atoms with Crippen molar-refractivity contribution >= 4 is 65.7 Å². The molecule has 6 aromatic carbocycles. The first-order valence-electron chi connectivity index (χ1n) is 16.8. The van der Waals surface area contributed by atoms with Gasteiger partial charge in [0.15, 0.2) is 17.2 Å². The third-order valence-corrected chi connectivity index (χ3v) is 9.78. The molecule has 0 amide bonds. The number of nitrogens with zero attached hydrogens (tertiary/aromatic N) is 5. The van der Waals surface area contributed by atoms with Gasteiger partial charge in [0.1, 0.15) is 16.7 Å². The van der Waals surface area contributed by atoms with Crippen molar-refractivity contribution in [1.29, 1.82) is 0 Å². The van der Waals surface area contributed by atoms with E-state index < -0.39 is 0 Å². The van der Waals surface area contributed by atoms with E-state index in [9.17, 15) is 0 Å². The zero-order chi connectivity index (χ0) is 33.5. The summed E-state index contributed by atoms with van der Waals surface area (Å²) >= 11 is 0. The molecule has 7 nitrogen and oxygen atoms in total. The van der Waals surface area contributed by atoms with E-state index >= 15 is 0 Å². The van der Waals surface area contributed by atoms with Gasteiger partial charge >= 0.3 is 0 Å². The Kier molecular flexibility index (Phi) is 5.83. The molecule has 0 bridgehead atoms. The van der Waals surface area contributed by atoms with Crippen LogP contribution in [0, 0.1) is 0 Å². The lowest BCUT2D eigenvalue weighted by molar-refractivity contribution is 0.667. The summed E-state index contributed by atoms with van der Waals surface area (Å²) in [6, 6.07) is 47.5. The van der Waals surface area contributed by atoms with E-state index in [1.807, 2.05) is 48.5 Å². The molecule has 51 heavy (non-hydrogen) atoms. The largest absolute Gasteiger partial charge is 0.455 e. The summed E-state index contributed by atoms with van der Waals surface area (Å²) in [6.45, 7) is 0. The Hall–Kier alpha value is -7.12. The van der Waals surface area contributed by atoms with Crippen molar-refractivity contribution < 1.29 is 8.83 Å². The van der Waals surface area contributed by atoms with E-state index in [0.717, 1.165) is 82.4 Å². The Morgan fingerprint density at radius 1 is 0.451 bits per heavy atom. The van der Waals surface area contributed by atoms with Crippen molar-refractivity contribution in [2.45, 2.75) is 0 Å². The van der Waals surface area contributed by atoms with Crippen LogP contribution in [0.5, 0.6) is 0 Å². The second-order valence-electron chi connectivity index (χ2n) is 12.7. The van der Waals surface area contributed by atoms with Gasteiger partial charge in [-0.25, -0.2) is 4.98 Å². The fourth-order valence-electron chi connectivity index (χ4n) is 7.52. The summed E-state index contributed by atoms with van der Waals surface area (Å²) in [5.41, 5.74) is 8.94. The molecule has 7 heteroatoms. The summed E-state index contributed by atoms with van der Waals surface area (Å²) in [5, 5.41) is 6.34. The van der Waals surface area contributed by atoms with Gasteiger partial charge in [-0.3, -0.25) is 9.55 Å². The number of benzene rings is 6. The lowest BCUT2D eigenvalue weighted by Gasteiger charge is -2.12. The van der Waals surface area contributed by atoms with Gasteiger partial charge < -0.3 is 8.83 Å². The van der Waals surface area contributed by atoms with Crippen LogP contribution in [-0.4, -0.2) is 24.5 Å². The van der Waals surface area contributed by atoms with Crippen LogP contribution in [0.25, 0.3) is 106 Å². The van der Waals surface area contributed by atoms with Gasteiger partial charge in [0.2, 0.25) is 5.95 Å². The van der Waals surface area contributed by atoms with Gasteiger partial charge in [-0.15, -0.1) is 0 Å². The number of rotatable bonds is 4. The Morgan fingerprint density at radius 3 is 1.98 bits per heavy atom. The van der Waals surface area contributed by atoms with Crippen molar-refractivity contribution in [3.05, 3.63) is 152 Å². The Bertz CT molecular complexity index is 3120. The molecule has 0 saturated carbocycles. The standard InChI is InChI=1S/C44H25N5O2/c1-4-18-35-29(12-1)30-13-2-5-19-36(30)49(35)44-47-42(46-43(48-44)34-17-9-21-38-40(34)33-22-23-45-25-39(33)50-38)27-11-7-10-26(24-27)28-15-8-16-32-31-14-3-6-20-37(31)51-41(28)32/h1-25H. The first-order valence-corrected chi connectivity index (χ1v) is 16.8. The highest BCUT2D eigenvalue weighted by molar-refractivity contribution is 6.12. The van der Waals surface area contributed by atoms with Crippen LogP contribution in [-0.2, 0) is 0 Å². The lowest BCUT2D eigenvalue weighted by atomic mass is 10.00. The maximum absolute atomic E-state index is 6.42. The predicted octanol–water partition coefficient (Wildman–Crippen LogP) is 11.2. The van der Waals surface area contributed by atoms with Crippen LogP contribution in [0.3, 0.4) is 0 Å². The van der Waals surface area contributed by atoms with Crippen LogP contribution in [0.2, 0.25) is 0 Å². The van der Waals surface area contributed by atoms with E-state index in [2.05, 4.69) is 101 Å². The third-order valence-electron chi connectivity index (χ3n) is 9.78. The van der Waals surface area contributed by atoms with Crippen LogP contribution in [0.15, 0.2) is 161 Å². The van der Waals surface area contributed by atoms with Gasteiger partial charge in [-0.1, -0.05) is 103 Å². The molecule has 0 aliphatic carbocycles. The SMILES string of the molecule is c1cc(-c2nc(-c3cccc4oc5cnccc5c34)nc(-n3c4ccccc4c4ccccc43)n2)cc(-c2cccc3c2oc2ccccc23)c1. The van der Waals surface area contributed by atoms with Crippen LogP contribution in [0.4, 0.5) is 0 Å². The molecular formula is C44H25N5O2. The minimum absolute atomic E-state index is 0.531. The molecule has 0 aliphatic rings. The normalized spacial score (nSPS) is 11.9. The fraction of sp³-hybridized carbons (Fsp3) is 0. The quantitative estimate of drug-likeness (QED) is 0.188. The molecule has 0 N–H and O–H groups in total. The van der Waals surface area contributed by atoms with Gasteiger partial charge in [0.25, 0.3) is 0 Å². The van der Waals surface area contributed by atoms with Crippen molar-refractivity contribution in [3.63, 3.8) is 0 Å². The van der Waals surface area contributed by atoms with Gasteiger partial charge in [-0.2, -0.15) is 9.97 Å². The van der Waals surface area contributed by atoms with Crippen LogP contribution in [0.1, 0.15) is 0 Å². The first kappa shape index (κ1) is 27.8. The summed E-state index contributed by atoms with van der Waals surface area (Å²) in [5.74, 6) is 1.64. The van der Waals surface area contributed by atoms with E-state index in [-0.39, 0.29) is 0 Å². The smallest absolute Gasteiger partial charge is 0.238 e. The minimum atomic E-state index is 0.531. The molecule has 11 aromatic rings. The van der Waals surface area contributed by atoms with Crippen molar-refractivity contribution in [2.24, 2.45) is 0 Å². The van der Waals surface area contributed by atoms with Gasteiger partial charge in [0.05, 0.1) is 17.2 Å². The predicted molar refractivity (Wildman–Crippen MR) is 203 cm³/mol. The van der Waals surface area contributed by atoms with Crippen LogP contribution < -0.4 is 0 Å². The molecule has 11 rings (SSSR count). The highest BCUT2D eigenvalue weighted by Gasteiger charge is 2.21. The van der Waals surface area contributed by atoms with Crippen LogP contribution >= 0.6 is 0 Å². The molecular weight excluding hydrogens is 631 g/mol. The molecule has 0 atom stereocenters. The van der Waals surface area contributed by atoms with Crippen molar-refractivity contribution in [2.75, 3.05) is 0 Å². The first-order chi connectivity index (χ1) is 25.3. The van der Waals surface area contributed by atoms with E-state index in [1.165, 1.54) is 0 Å². The average Bonchev–Trinajstić information content (AvgIpc) is 3.87. The van der Waals surface area contributed by atoms with E-state index in [4.69, 9.17) is 23.8 Å². The Labute approximate surface area is 290 Å².